The number of halogens is 3. The van der Waals surface area contributed by atoms with Crippen molar-refractivity contribution in [3.8, 4) is 0 Å². The summed E-state index contributed by atoms with van der Waals surface area (Å²) < 4.78 is 40.4. The summed E-state index contributed by atoms with van der Waals surface area (Å²) in [5.41, 5.74) is 0.833. The van der Waals surface area contributed by atoms with Crippen LogP contribution in [0.25, 0.3) is 0 Å². The van der Waals surface area contributed by atoms with E-state index in [4.69, 9.17) is 0 Å². The van der Waals surface area contributed by atoms with Crippen LogP contribution in [0.4, 0.5) is 13.2 Å². The Morgan fingerprint density at radius 2 is 1.62 bits per heavy atom. The molecule has 4 heteroatoms. The van der Waals surface area contributed by atoms with Gasteiger partial charge in [-0.2, -0.15) is 0 Å². The van der Waals surface area contributed by atoms with Gasteiger partial charge >= 0.3 is 0 Å². The molecule has 0 aromatic heterocycles. The third kappa shape index (κ3) is 3.64. The molecule has 21 heavy (non-hydrogen) atoms. The molecule has 0 spiro atoms. The molecule has 0 radical (unpaired) electrons. The molecule has 0 amide bonds. The maximum Gasteiger partial charge on any atom is 0.135 e. The van der Waals surface area contributed by atoms with Crippen molar-refractivity contribution in [1.82, 2.24) is 0 Å². The van der Waals surface area contributed by atoms with Gasteiger partial charge in [-0.05, 0) is 23.5 Å². The Balaban J connectivity index is 2.38. The lowest BCUT2D eigenvalue weighted by molar-refractivity contribution is 0.208. The van der Waals surface area contributed by atoms with Crippen LogP contribution in [0, 0.1) is 23.4 Å². The van der Waals surface area contributed by atoms with Gasteiger partial charge in [-0.1, -0.05) is 38.1 Å². The van der Waals surface area contributed by atoms with E-state index < -0.39 is 29.1 Å². The van der Waals surface area contributed by atoms with Crippen molar-refractivity contribution in [2.45, 2.75) is 26.4 Å². The van der Waals surface area contributed by atoms with Crippen LogP contribution in [-0.4, -0.2) is 5.11 Å². The van der Waals surface area contributed by atoms with Gasteiger partial charge in [0.2, 0.25) is 0 Å². The van der Waals surface area contributed by atoms with E-state index >= 15 is 0 Å². The fourth-order valence-corrected chi connectivity index (χ4v) is 2.34. The van der Waals surface area contributed by atoms with Gasteiger partial charge in [0.1, 0.15) is 23.6 Å². The molecule has 0 bridgehead atoms. The molecule has 2 aromatic rings. The monoisotopic (exact) mass is 294 g/mol. The summed E-state index contributed by atoms with van der Waals surface area (Å²) >= 11 is 0. The van der Waals surface area contributed by atoms with Gasteiger partial charge in [0.05, 0.1) is 5.56 Å². The minimum absolute atomic E-state index is 0.387. The lowest BCUT2D eigenvalue weighted by Gasteiger charge is -2.15. The van der Waals surface area contributed by atoms with Gasteiger partial charge in [-0.25, -0.2) is 13.2 Å². The van der Waals surface area contributed by atoms with E-state index in [0.717, 1.165) is 12.0 Å². The molecule has 0 aliphatic carbocycles. The minimum atomic E-state index is -1.46. The molecule has 2 aromatic carbocycles. The summed E-state index contributed by atoms with van der Waals surface area (Å²) in [4.78, 5) is 0. The SMILES string of the molecule is CC(C)Cc1cccc(C(O)c2c(F)cc(F)cc2F)c1. The Bertz CT molecular complexity index is 615. The molecule has 0 aliphatic rings. The van der Waals surface area contributed by atoms with Gasteiger partial charge in [0.15, 0.2) is 0 Å². The van der Waals surface area contributed by atoms with Crippen molar-refractivity contribution in [2.75, 3.05) is 0 Å². The molecule has 1 N–H and O–H groups in total. The molecule has 0 saturated heterocycles. The van der Waals surface area contributed by atoms with Crippen molar-refractivity contribution >= 4 is 0 Å². The smallest absolute Gasteiger partial charge is 0.135 e. The maximum absolute atomic E-state index is 13.7. The lowest BCUT2D eigenvalue weighted by atomic mass is 9.96. The number of hydrogen-bond acceptors (Lipinski definition) is 1. The second kappa shape index (κ2) is 6.31. The fraction of sp³-hybridized carbons (Fsp3) is 0.294. The first kappa shape index (κ1) is 15.6. The Morgan fingerprint density at radius 3 is 2.19 bits per heavy atom. The van der Waals surface area contributed by atoms with Gasteiger partial charge in [0.25, 0.3) is 0 Å². The van der Waals surface area contributed by atoms with E-state index in [-0.39, 0.29) is 0 Å². The summed E-state index contributed by atoms with van der Waals surface area (Å²) in [5.74, 6) is -2.75. The van der Waals surface area contributed by atoms with Crippen LogP contribution in [0.1, 0.15) is 36.6 Å². The Hall–Kier alpha value is -1.81. The minimum Gasteiger partial charge on any atom is -0.383 e. The highest BCUT2D eigenvalue weighted by atomic mass is 19.1. The summed E-state index contributed by atoms with van der Waals surface area (Å²) in [6.07, 6.45) is -0.660. The average molecular weight is 294 g/mol. The molecule has 1 nitrogen and oxygen atoms in total. The molecule has 1 unspecified atom stereocenters. The van der Waals surface area contributed by atoms with Crippen LogP contribution >= 0.6 is 0 Å². The first-order valence-corrected chi connectivity index (χ1v) is 6.80. The third-order valence-corrected chi connectivity index (χ3v) is 3.23. The summed E-state index contributed by atoms with van der Waals surface area (Å²) in [5, 5.41) is 10.2. The van der Waals surface area contributed by atoms with Crippen LogP contribution in [0.2, 0.25) is 0 Å². The summed E-state index contributed by atoms with van der Waals surface area (Å²) in [7, 11) is 0. The molecular formula is C17H17F3O. The van der Waals surface area contributed by atoms with Crippen LogP contribution in [-0.2, 0) is 6.42 Å². The Morgan fingerprint density at radius 1 is 1.00 bits per heavy atom. The van der Waals surface area contributed by atoms with Gasteiger partial charge < -0.3 is 5.11 Å². The standard InChI is InChI=1S/C17H17F3O/c1-10(2)6-11-4-3-5-12(7-11)17(21)16-14(19)8-13(18)9-15(16)20/h3-5,7-10,17,21H,6H2,1-2H3. The van der Waals surface area contributed by atoms with E-state index in [1.54, 1.807) is 18.2 Å². The maximum atomic E-state index is 13.7. The van der Waals surface area contributed by atoms with Crippen LogP contribution in [0.15, 0.2) is 36.4 Å². The third-order valence-electron chi connectivity index (χ3n) is 3.23. The van der Waals surface area contributed by atoms with Gasteiger partial charge in [-0.3, -0.25) is 0 Å². The predicted molar refractivity (Wildman–Crippen MR) is 75.4 cm³/mol. The number of rotatable bonds is 4. The Kier molecular flexibility index (Phi) is 4.68. The summed E-state index contributed by atoms with van der Waals surface area (Å²) in [6.45, 7) is 4.12. The molecule has 0 fully saturated rings. The van der Waals surface area contributed by atoms with Crippen LogP contribution in [0.3, 0.4) is 0 Å². The van der Waals surface area contributed by atoms with Crippen molar-refractivity contribution < 1.29 is 18.3 Å². The van der Waals surface area contributed by atoms with E-state index in [2.05, 4.69) is 13.8 Å². The number of aliphatic hydroxyl groups excluding tert-OH is 1. The van der Waals surface area contributed by atoms with Gasteiger partial charge in [-0.15, -0.1) is 0 Å². The molecule has 2 rings (SSSR count). The molecule has 0 aliphatic heterocycles. The highest BCUT2D eigenvalue weighted by Crippen LogP contribution is 2.28. The highest BCUT2D eigenvalue weighted by Gasteiger charge is 2.21. The predicted octanol–water partition coefficient (Wildman–Crippen LogP) is 4.38. The van der Waals surface area contributed by atoms with Crippen molar-refractivity contribution in [2.24, 2.45) is 5.92 Å². The fourth-order valence-electron chi connectivity index (χ4n) is 2.34. The molecule has 0 saturated carbocycles. The zero-order valence-corrected chi connectivity index (χ0v) is 11.9. The quantitative estimate of drug-likeness (QED) is 0.887. The second-order valence-corrected chi connectivity index (χ2v) is 5.53. The van der Waals surface area contributed by atoms with E-state index in [9.17, 15) is 18.3 Å². The first-order valence-electron chi connectivity index (χ1n) is 6.80. The second-order valence-electron chi connectivity index (χ2n) is 5.53. The van der Waals surface area contributed by atoms with Crippen molar-refractivity contribution in [3.63, 3.8) is 0 Å². The number of hydrogen-bond donors (Lipinski definition) is 1. The zero-order chi connectivity index (χ0) is 15.6. The molecule has 0 heterocycles. The van der Waals surface area contributed by atoms with E-state index in [1.165, 1.54) is 0 Å². The normalized spacial score (nSPS) is 12.7. The molecular weight excluding hydrogens is 277 g/mol. The van der Waals surface area contributed by atoms with E-state index in [1.807, 2.05) is 6.07 Å². The number of aliphatic hydroxyl groups is 1. The van der Waals surface area contributed by atoms with Gasteiger partial charge in [0, 0.05) is 12.1 Å². The van der Waals surface area contributed by atoms with Crippen molar-refractivity contribution in [3.05, 3.63) is 70.5 Å². The Labute approximate surface area is 122 Å². The topological polar surface area (TPSA) is 20.2 Å². The van der Waals surface area contributed by atoms with E-state index in [0.29, 0.717) is 23.6 Å². The largest absolute Gasteiger partial charge is 0.383 e. The zero-order valence-electron chi connectivity index (χ0n) is 11.9. The summed E-state index contributed by atoms with van der Waals surface area (Å²) in [6, 6.07) is 8.08. The van der Waals surface area contributed by atoms with Crippen molar-refractivity contribution in [1.29, 1.82) is 0 Å². The van der Waals surface area contributed by atoms with Crippen LogP contribution < -0.4 is 0 Å². The lowest BCUT2D eigenvalue weighted by Crippen LogP contribution is -2.07. The number of benzene rings is 2. The molecule has 112 valence electrons. The first-order chi connectivity index (χ1) is 9.88. The highest BCUT2D eigenvalue weighted by molar-refractivity contribution is 5.34. The average Bonchev–Trinajstić information content (AvgIpc) is 2.36. The molecule has 1 atom stereocenters. The van der Waals surface area contributed by atoms with Crippen LogP contribution in [0.5, 0.6) is 0 Å².